The van der Waals surface area contributed by atoms with E-state index in [0.29, 0.717) is 0 Å². The normalized spacial score (nSPS) is 48.8. The molecule has 0 spiro atoms. The lowest BCUT2D eigenvalue weighted by atomic mass is 10.1. The Morgan fingerprint density at radius 3 is 1.27 bits per heavy atom. The summed E-state index contributed by atoms with van der Waals surface area (Å²) in [4.78, 5) is 0. The lowest BCUT2D eigenvalue weighted by molar-refractivity contribution is -0.193. The largest absolute Gasteiger partial charge is 0.396 e. The molecule has 6 saturated heterocycles. The summed E-state index contributed by atoms with van der Waals surface area (Å²) in [6.45, 7) is 8.86. The van der Waals surface area contributed by atoms with Gasteiger partial charge in [-0.3, -0.25) is 0 Å². The molecule has 31 heteroatoms. The van der Waals surface area contributed by atoms with Gasteiger partial charge in [-0.15, -0.1) is 11.8 Å². The predicted octanol–water partition coefficient (Wildman–Crippen LogP) is -9.07. The van der Waals surface area contributed by atoms with Gasteiger partial charge in [-0.2, -0.15) is 0 Å². The molecule has 1 aliphatic carbocycles. The van der Waals surface area contributed by atoms with Gasteiger partial charge < -0.3 is 127 Å². The Hall–Kier alpha value is -0.840. The van der Waals surface area contributed by atoms with E-state index in [2.05, 4.69) is 9.47 Å². The van der Waals surface area contributed by atoms with Gasteiger partial charge in [0.05, 0.1) is 110 Å². The Kier molecular flexibility index (Phi) is 30.0. The molecule has 27 nitrogen and oxygen atoms in total. The van der Waals surface area contributed by atoms with Gasteiger partial charge in [0.2, 0.25) is 5.85 Å². The highest BCUT2D eigenvalue weighted by molar-refractivity contribution is 8.00. The fraction of sp³-hybridized carbons (Fsp3) is 1.00. The van der Waals surface area contributed by atoms with E-state index < -0.39 is 162 Å². The van der Waals surface area contributed by atoms with E-state index in [1.165, 1.54) is 25.6 Å². The average Bonchev–Trinajstić information content (AvgIpc) is 4.11. The molecule has 7 rings (SSSR count). The molecule has 74 heavy (non-hydrogen) atoms. The van der Waals surface area contributed by atoms with Crippen LogP contribution >= 0.6 is 11.8 Å². The van der Waals surface area contributed by atoms with E-state index in [0.717, 1.165) is 13.3 Å². The summed E-state index contributed by atoms with van der Waals surface area (Å²) in [5.41, 5.74) is 10.7. The van der Waals surface area contributed by atoms with E-state index in [4.69, 9.17) is 82.2 Å². The van der Waals surface area contributed by atoms with E-state index in [1.807, 2.05) is 13.8 Å². The molecule has 6 heterocycles. The molecule has 0 radical (unpaired) electrons. The highest BCUT2D eigenvalue weighted by Gasteiger charge is 2.54. The predicted molar refractivity (Wildman–Crippen MR) is 255 cm³/mol. The fourth-order valence-electron chi connectivity index (χ4n) is 8.47. The van der Waals surface area contributed by atoms with Crippen molar-refractivity contribution in [1.82, 2.24) is 0 Å². The van der Waals surface area contributed by atoms with Crippen LogP contribution in [0.4, 0.5) is 8.78 Å². The minimum Gasteiger partial charge on any atom is -0.396 e. The first-order valence-electron chi connectivity index (χ1n) is 24.0. The first-order valence-corrected chi connectivity index (χ1v) is 26.5. The SMILES string of the molecule is C[C@@H]1C[C@H](CO)C(O)[C@@H]1O.C[C@@H]1O[C@H](CN)C(O)[C@@H]1O.C[C@@H]1O[C@H](CO)C(N)[C@@H]1O.C[C@@H]1O[C@](F)(CO)C(O)[C@@H]1O.C[C@@H]1S[C@H](CO)C(O)[C@@H]1O.C[C@H]1[C@@H](O)C(O)[C@@H](CO)S1(=O)=O.C[C@]1(F)O[C@H](CO)C(O)[C@@H]1O. The smallest absolute Gasteiger partial charge is 0.261 e. The Labute approximate surface area is 432 Å². The van der Waals surface area contributed by atoms with Crippen LogP contribution < -0.4 is 11.5 Å². The van der Waals surface area contributed by atoms with E-state index in [9.17, 15) is 52.9 Å². The summed E-state index contributed by atoms with van der Waals surface area (Å²) in [5.74, 6) is -4.76. The molecule has 1 saturated carbocycles. The molecule has 23 N–H and O–H groups in total. The van der Waals surface area contributed by atoms with Crippen LogP contribution in [0.2, 0.25) is 0 Å². The van der Waals surface area contributed by atoms with Gasteiger partial charge in [0.1, 0.15) is 60.7 Å². The van der Waals surface area contributed by atoms with Crippen molar-refractivity contribution in [2.24, 2.45) is 23.3 Å². The van der Waals surface area contributed by atoms with E-state index in [-0.39, 0.29) is 60.9 Å². The van der Waals surface area contributed by atoms with Crippen molar-refractivity contribution < 1.29 is 133 Å². The van der Waals surface area contributed by atoms with Crippen molar-refractivity contribution in [2.75, 3.05) is 46.2 Å². The monoisotopic (exact) mass is 1130 g/mol. The number of ether oxygens (including phenoxy) is 4. The summed E-state index contributed by atoms with van der Waals surface area (Å²) >= 11 is 1.43. The molecule has 0 bridgehead atoms. The van der Waals surface area contributed by atoms with Crippen molar-refractivity contribution in [1.29, 1.82) is 0 Å². The first-order chi connectivity index (χ1) is 34.1. The van der Waals surface area contributed by atoms with Crippen LogP contribution in [0.3, 0.4) is 0 Å². The maximum atomic E-state index is 13.1. The molecular formula is C43H86F2N2O25S2. The molecule has 7 aliphatic rings. The Bertz CT molecular complexity index is 1590. The molecule has 6 aliphatic heterocycles. The summed E-state index contributed by atoms with van der Waals surface area (Å²) in [5, 5.41) is 168. The Balaban J connectivity index is 0.000000432. The van der Waals surface area contributed by atoms with Crippen molar-refractivity contribution in [3.05, 3.63) is 0 Å². The molecule has 0 aromatic carbocycles. The number of halogens is 2. The van der Waals surface area contributed by atoms with Crippen LogP contribution in [-0.4, -0.2) is 306 Å². The zero-order chi connectivity index (χ0) is 57.7. The van der Waals surface area contributed by atoms with Gasteiger partial charge in [-0.25, -0.2) is 17.2 Å². The molecule has 0 aromatic heterocycles. The van der Waals surface area contributed by atoms with Crippen molar-refractivity contribution in [2.45, 2.75) is 210 Å². The van der Waals surface area contributed by atoms with Gasteiger partial charge in [-0.05, 0) is 47.0 Å². The number of rotatable bonds is 7. The summed E-state index contributed by atoms with van der Waals surface area (Å²) < 4.78 is 67.8. The fourth-order valence-corrected chi connectivity index (χ4v) is 11.6. The Morgan fingerprint density at radius 2 is 1.08 bits per heavy atom. The van der Waals surface area contributed by atoms with Crippen LogP contribution in [0.25, 0.3) is 0 Å². The van der Waals surface area contributed by atoms with Gasteiger partial charge in [0.15, 0.2) is 9.84 Å². The third-order valence-corrected chi connectivity index (χ3v) is 17.9. The van der Waals surface area contributed by atoms with Crippen molar-refractivity contribution in [3.63, 3.8) is 0 Å². The molecule has 444 valence electrons. The van der Waals surface area contributed by atoms with Gasteiger partial charge in [-0.1, -0.05) is 13.8 Å². The van der Waals surface area contributed by atoms with Gasteiger partial charge in [0, 0.05) is 24.3 Å². The first kappa shape index (κ1) is 71.2. The summed E-state index contributed by atoms with van der Waals surface area (Å²) in [6, 6.07) is -0.444. The second-order valence-electron chi connectivity index (χ2n) is 19.4. The minimum absolute atomic E-state index is 0.0252. The van der Waals surface area contributed by atoms with Gasteiger partial charge >= 0.3 is 0 Å². The van der Waals surface area contributed by atoms with E-state index >= 15 is 0 Å². The zero-order valence-electron chi connectivity index (χ0n) is 42.3. The third kappa shape index (κ3) is 17.8. The molecule has 7 unspecified atom stereocenters. The quantitative estimate of drug-likeness (QED) is 0.113. The number of alkyl halides is 2. The molecule has 0 amide bonds. The topological polar surface area (TPSA) is 507 Å². The number of thioether (sulfide) groups is 1. The maximum absolute atomic E-state index is 13.1. The van der Waals surface area contributed by atoms with Crippen LogP contribution in [-0.2, 0) is 28.8 Å². The highest BCUT2D eigenvalue weighted by Crippen LogP contribution is 2.35. The van der Waals surface area contributed by atoms with E-state index in [1.54, 1.807) is 13.8 Å². The Morgan fingerprint density at radius 1 is 0.554 bits per heavy atom. The van der Waals surface area contributed by atoms with Crippen molar-refractivity contribution >= 4 is 21.6 Å². The highest BCUT2D eigenvalue weighted by atomic mass is 32.2. The molecule has 7 fully saturated rings. The zero-order valence-corrected chi connectivity index (χ0v) is 44.0. The van der Waals surface area contributed by atoms with Crippen LogP contribution in [0, 0.1) is 11.8 Å². The second kappa shape index (κ2) is 31.2. The number of hydrogen-bond acceptors (Lipinski definition) is 28. The lowest BCUT2D eigenvalue weighted by Gasteiger charge is -2.19. The average molecular weight is 1130 g/mol. The number of hydrogen-bond donors (Lipinski definition) is 21. The summed E-state index contributed by atoms with van der Waals surface area (Å²) in [6.07, 6.45) is -16.0. The summed E-state index contributed by atoms with van der Waals surface area (Å²) in [7, 11) is -3.56. The lowest BCUT2D eigenvalue weighted by Crippen LogP contribution is -2.42. The number of nitrogens with two attached hydrogens (primary N) is 2. The maximum Gasteiger partial charge on any atom is 0.261 e. The molecule has 0 aromatic rings. The standard InChI is InChI=1S/C7H14O3.2C6H11FO4.2C6H13NO3.C6H12O5S.C6H12O3S/c1-4-2-5(3-8)7(10)6(4)9;1-6(7)5(10)4(9)3(2-8)11-6;1-3-4(9)5(10)6(7,2-8)11-3;1-3-6(9)5(7)4(2-8)10-3;1-3-5(8)6(9)4(2-7)10-3;1-3-5(8)6(9)4(2-7)12(3,10)11;1-3-5(8)6(9)4(2-7)10-3/h4-10H,2-3H2,1H3;2*3-5,8-10H,2H2,1H3;2*3-6,8-9H,2,7H2,1H3;3-9H,2H2,1H3;3-9H,2H2,1H3/t4-,5-,6-,7?;3-,4?,5+,6+;2*3-,4+,5?,6+;3*3-,4+,5+,6?/m1100000/s1. The van der Waals surface area contributed by atoms with Gasteiger partial charge in [0.25, 0.3) is 5.85 Å². The van der Waals surface area contributed by atoms with Crippen LogP contribution in [0.15, 0.2) is 0 Å². The number of sulfone groups is 1. The van der Waals surface area contributed by atoms with Crippen molar-refractivity contribution in [3.8, 4) is 0 Å². The van der Waals surface area contributed by atoms with Crippen LogP contribution in [0.5, 0.6) is 0 Å². The third-order valence-electron chi connectivity index (χ3n) is 13.8. The molecular weight excluding hydrogens is 1050 g/mol. The molecule has 28 atom stereocenters. The number of aliphatic hydroxyl groups is 19. The second-order valence-corrected chi connectivity index (χ2v) is 23.5. The minimum atomic E-state index is -3.56. The van der Waals surface area contributed by atoms with Crippen LogP contribution in [0.1, 0.15) is 54.9 Å². The number of aliphatic hydroxyl groups excluding tert-OH is 19.